The molecule has 1 heterocycles. The van der Waals surface area contributed by atoms with Gasteiger partial charge >= 0.3 is 5.97 Å². The summed E-state index contributed by atoms with van der Waals surface area (Å²) < 4.78 is 5.86. The van der Waals surface area contributed by atoms with Crippen LogP contribution in [0.1, 0.15) is 42.3 Å². The van der Waals surface area contributed by atoms with Crippen molar-refractivity contribution in [1.82, 2.24) is 0 Å². The molecule has 21 heavy (non-hydrogen) atoms. The molecule has 0 aliphatic rings. The number of ether oxygens (including phenoxy) is 1. The molecular formula is C17H19NO3. The van der Waals surface area contributed by atoms with Gasteiger partial charge in [-0.3, -0.25) is 0 Å². The Balaban J connectivity index is 1.97. The Morgan fingerprint density at radius 3 is 2.19 bits per heavy atom. The van der Waals surface area contributed by atoms with E-state index in [4.69, 9.17) is 4.74 Å². The first-order valence-corrected chi connectivity index (χ1v) is 6.81. The molecular weight excluding hydrogens is 266 g/mol. The zero-order valence-electron chi connectivity index (χ0n) is 12.5. The highest BCUT2D eigenvalue weighted by molar-refractivity contribution is 5.88. The van der Waals surface area contributed by atoms with Crippen molar-refractivity contribution in [1.29, 1.82) is 0 Å². The van der Waals surface area contributed by atoms with Crippen LogP contribution >= 0.6 is 0 Å². The second kappa shape index (κ2) is 5.95. The minimum atomic E-state index is -0.435. The van der Waals surface area contributed by atoms with Crippen LogP contribution in [0.5, 0.6) is 0 Å². The van der Waals surface area contributed by atoms with Crippen molar-refractivity contribution in [3.63, 3.8) is 0 Å². The molecule has 0 spiro atoms. The lowest BCUT2D eigenvalue weighted by Gasteiger charge is -2.19. The topological polar surface area (TPSA) is 53.2 Å². The van der Waals surface area contributed by atoms with Crippen molar-refractivity contribution in [3.05, 3.63) is 70.7 Å². The Morgan fingerprint density at radius 2 is 1.67 bits per heavy atom. The van der Waals surface area contributed by atoms with Gasteiger partial charge < -0.3 is 9.94 Å². The Hall–Kier alpha value is -2.36. The molecule has 1 aromatic carbocycles. The molecule has 0 saturated carbocycles. The molecule has 2 rings (SSSR count). The van der Waals surface area contributed by atoms with Crippen molar-refractivity contribution in [2.24, 2.45) is 0 Å². The summed E-state index contributed by atoms with van der Waals surface area (Å²) >= 11 is 0. The molecule has 0 aliphatic carbocycles. The number of nitrogens with zero attached hydrogens (tertiary/aromatic N) is 1. The molecule has 0 fully saturated rings. The highest BCUT2D eigenvalue weighted by atomic mass is 16.5. The van der Waals surface area contributed by atoms with E-state index in [9.17, 15) is 10.0 Å². The van der Waals surface area contributed by atoms with E-state index < -0.39 is 5.97 Å². The van der Waals surface area contributed by atoms with E-state index in [-0.39, 0.29) is 12.0 Å². The lowest BCUT2D eigenvalue weighted by Crippen LogP contribution is -2.24. The van der Waals surface area contributed by atoms with Crippen LogP contribution in [0.15, 0.2) is 48.8 Å². The summed E-state index contributed by atoms with van der Waals surface area (Å²) in [6, 6.07) is 10.9. The molecule has 0 amide bonds. The molecule has 110 valence electrons. The van der Waals surface area contributed by atoms with Crippen LogP contribution in [0, 0.1) is 5.21 Å². The van der Waals surface area contributed by atoms with Crippen molar-refractivity contribution < 1.29 is 14.3 Å². The molecule has 0 unspecified atom stereocenters. The molecule has 0 bridgehead atoms. The van der Waals surface area contributed by atoms with Crippen molar-refractivity contribution in [2.45, 2.75) is 32.8 Å². The molecule has 0 saturated heterocycles. The van der Waals surface area contributed by atoms with Gasteiger partial charge in [0.2, 0.25) is 0 Å². The zero-order chi connectivity index (χ0) is 15.5. The SMILES string of the molecule is CC(C)(C)c1ccc(COC(=O)c2cc[n+]([O-])cc2)cc1. The smallest absolute Gasteiger partial charge is 0.338 e. The van der Waals surface area contributed by atoms with Gasteiger partial charge in [0, 0.05) is 12.1 Å². The number of hydrogen-bond acceptors (Lipinski definition) is 3. The number of hydrogen-bond donors (Lipinski definition) is 0. The van der Waals surface area contributed by atoms with Crippen LogP contribution in [-0.2, 0) is 16.8 Å². The first-order chi connectivity index (χ1) is 9.86. The fraction of sp³-hybridized carbons (Fsp3) is 0.294. The second-order valence-corrected chi connectivity index (χ2v) is 5.97. The molecule has 4 nitrogen and oxygen atoms in total. The van der Waals surface area contributed by atoms with Crippen molar-refractivity contribution in [3.8, 4) is 0 Å². The maximum absolute atomic E-state index is 11.8. The van der Waals surface area contributed by atoms with E-state index in [0.29, 0.717) is 10.3 Å². The normalized spacial score (nSPS) is 11.2. The standard InChI is InChI=1S/C17H19NO3/c1-17(2,3)15-6-4-13(5-7-15)12-21-16(19)14-8-10-18(20)11-9-14/h4-11H,12H2,1-3H3. The number of carbonyl (C=O) groups excluding carboxylic acids is 1. The van der Waals surface area contributed by atoms with Crippen LogP contribution in [0.25, 0.3) is 0 Å². The van der Waals surface area contributed by atoms with Gasteiger partial charge in [-0.1, -0.05) is 45.0 Å². The number of aromatic nitrogens is 1. The fourth-order valence-corrected chi connectivity index (χ4v) is 1.88. The van der Waals surface area contributed by atoms with Gasteiger partial charge in [0.15, 0.2) is 12.4 Å². The number of carbonyl (C=O) groups is 1. The van der Waals surface area contributed by atoms with E-state index in [1.165, 1.54) is 30.1 Å². The van der Waals surface area contributed by atoms with E-state index in [2.05, 4.69) is 20.8 Å². The minimum absolute atomic E-state index is 0.104. The molecule has 0 aliphatic heterocycles. The van der Waals surface area contributed by atoms with E-state index in [0.717, 1.165) is 5.56 Å². The second-order valence-electron chi connectivity index (χ2n) is 5.97. The number of pyridine rings is 1. The van der Waals surface area contributed by atoms with Crippen molar-refractivity contribution in [2.75, 3.05) is 0 Å². The lowest BCUT2D eigenvalue weighted by molar-refractivity contribution is -0.605. The summed E-state index contributed by atoms with van der Waals surface area (Å²) in [4.78, 5) is 11.8. The van der Waals surface area contributed by atoms with Gasteiger partial charge in [0.1, 0.15) is 6.61 Å². The van der Waals surface area contributed by atoms with Crippen molar-refractivity contribution >= 4 is 5.97 Å². The predicted molar refractivity (Wildman–Crippen MR) is 79.7 cm³/mol. The monoisotopic (exact) mass is 285 g/mol. The van der Waals surface area contributed by atoms with Gasteiger partial charge in [0.05, 0.1) is 5.56 Å². The summed E-state index contributed by atoms with van der Waals surface area (Å²) in [6.45, 7) is 6.68. The van der Waals surface area contributed by atoms with E-state index >= 15 is 0 Å². The summed E-state index contributed by atoms with van der Waals surface area (Å²) in [7, 11) is 0. The summed E-state index contributed by atoms with van der Waals surface area (Å²) in [5, 5.41) is 10.9. The van der Waals surface area contributed by atoms with E-state index in [1.807, 2.05) is 24.3 Å². The molecule has 4 heteroatoms. The Labute approximate surface area is 124 Å². The quantitative estimate of drug-likeness (QED) is 0.495. The number of esters is 1. The zero-order valence-corrected chi connectivity index (χ0v) is 12.5. The Kier molecular flexibility index (Phi) is 4.26. The maximum atomic E-state index is 11.8. The molecule has 0 radical (unpaired) electrons. The highest BCUT2D eigenvalue weighted by Gasteiger charge is 2.13. The largest absolute Gasteiger partial charge is 0.619 e. The van der Waals surface area contributed by atoms with Crippen LogP contribution in [0.2, 0.25) is 0 Å². The third-order valence-corrected chi connectivity index (χ3v) is 3.23. The first kappa shape index (κ1) is 15.0. The molecule has 1 aromatic heterocycles. The molecule has 0 atom stereocenters. The van der Waals surface area contributed by atoms with Crippen LogP contribution < -0.4 is 4.73 Å². The summed E-state index contributed by atoms with van der Waals surface area (Å²) in [6.07, 6.45) is 2.55. The minimum Gasteiger partial charge on any atom is -0.619 e. The van der Waals surface area contributed by atoms with Crippen LogP contribution in [0.3, 0.4) is 0 Å². The third kappa shape index (κ3) is 4.05. The first-order valence-electron chi connectivity index (χ1n) is 6.81. The molecule has 0 N–H and O–H groups in total. The average Bonchev–Trinajstić information content (AvgIpc) is 2.45. The fourth-order valence-electron chi connectivity index (χ4n) is 1.88. The summed E-state index contributed by atoms with van der Waals surface area (Å²) in [5.74, 6) is -0.435. The lowest BCUT2D eigenvalue weighted by atomic mass is 9.87. The van der Waals surface area contributed by atoms with Gasteiger partial charge in [0.25, 0.3) is 0 Å². The predicted octanol–water partition coefficient (Wildman–Crippen LogP) is 2.97. The van der Waals surface area contributed by atoms with Crippen LogP contribution in [-0.4, -0.2) is 5.97 Å². The van der Waals surface area contributed by atoms with Gasteiger partial charge in [-0.25, -0.2) is 4.79 Å². The van der Waals surface area contributed by atoms with Gasteiger partial charge in [-0.2, -0.15) is 4.73 Å². The van der Waals surface area contributed by atoms with Gasteiger partial charge in [-0.05, 0) is 16.5 Å². The number of rotatable bonds is 3. The summed E-state index contributed by atoms with van der Waals surface area (Å²) in [5.41, 5.74) is 2.65. The third-order valence-electron chi connectivity index (χ3n) is 3.23. The highest BCUT2D eigenvalue weighted by Crippen LogP contribution is 2.22. The average molecular weight is 285 g/mol. The van der Waals surface area contributed by atoms with Gasteiger partial charge in [-0.15, -0.1) is 0 Å². The Bertz CT molecular complexity index is 610. The molecule has 2 aromatic rings. The van der Waals surface area contributed by atoms with Crippen LogP contribution in [0.4, 0.5) is 0 Å². The van der Waals surface area contributed by atoms with E-state index in [1.54, 1.807) is 0 Å². The number of benzene rings is 1. The Morgan fingerprint density at radius 1 is 1.10 bits per heavy atom. The maximum Gasteiger partial charge on any atom is 0.338 e.